The zero-order valence-electron chi connectivity index (χ0n) is 11.8. The molecule has 2 N–H and O–H groups in total. The fraction of sp³-hybridized carbons (Fsp3) is 0.200. The number of rotatable bonds is 5. The van der Waals surface area contributed by atoms with Gasteiger partial charge in [0, 0.05) is 6.54 Å². The molecule has 0 aromatic heterocycles. The summed E-state index contributed by atoms with van der Waals surface area (Å²) < 4.78 is 0. The van der Waals surface area contributed by atoms with E-state index in [9.17, 15) is 10.1 Å². The fourth-order valence-electron chi connectivity index (χ4n) is 2.04. The number of hydrogen-bond donors (Lipinski definition) is 2. The highest BCUT2D eigenvalue weighted by Gasteiger charge is 2.19. The number of aryl methyl sites for hydroxylation is 1. The van der Waals surface area contributed by atoms with Crippen molar-refractivity contribution in [2.24, 2.45) is 0 Å². The molecule has 0 atom stereocenters. The summed E-state index contributed by atoms with van der Waals surface area (Å²) >= 11 is 6.16. The number of halogens is 1. The van der Waals surface area contributed by atoms with Crippen LogP contribution in [0.2, 0.25) is 5.02 Å². The monoisotopic (exact) mass is 305 g/mol. The average molecular weight is 306 g/mol. The smallest absolute Gasteiger partial charge is 0.315 e. The Morgan fingerprint density at radius 2 is 1.90 bits per heavy atom. The summed E-state index contributed by atoms with van der Waals surface area (Å²) in [5.41, 5.74) is 2.57. The molecule has 21 heavy (non-hydrogen) atoms. The number of para-hydroxylation sites is 1. The van der Waals surface area contributed by atoms with Crippen molar-refractivity contribution >= 4 is 34.4 Å². The van der Waals surface area contributed by atoms with E-state index >= 15 is 0 Å². The Kier molecular flexibility index (Phi) is 4.65. The maximum absolute atomic E-state index is 11.3. The van der Waals surface area contributed by atoms with Crippen LogP contribution in [-0.4, -0.2) is 11.5 Å². The Bertz CT molecular complexity index is 674. The van der Waals surface area contributed by atoms with E-state index < -0.39 is 4.92 Å². The molecule has 0 radical (unpaired) electrons. The number of anilines is 3. The summed E-state index contributed by atoms with van der Waals surface area (Å²) in [7, 11) is 0. The van der Waals surface area contributed by atoms with Gasteiger partial charge < -0.3 is 10.6 Å². The van der Waals surface area contributed by atoms with Crippen molar-refractivity contribution in [2.45, 2.75) is 13.8 Å². The maximum Gasteiger partial charge on any atom is 0.315 e. The van der Waals surface area contributed by atoms with Crippen molar-refractivity contribution in [1.82, 2.24) is 0 Å². The molecule has 5 nitrogen and oxygen atoms in total. The van der Waals surface area contributed by atoms with Crippen LogP contribution < -0.4 is 10.6 Å². The van der Waals surface area contributed by atoms with Crippen molar-refractivity contribution in [3.8, 4) is 0 Å². The summed E-state index contributed by atoms with van der Waals surface area (Å²) in [5.74, 6) is 0. The molecule has 110 valence electrons. The Morgan fingerprint density at radius 1 is 1.19 bits per heavy atom. The van der Waals surface area contributed by atoms with Crippen LogP contribution in [0.3, 0.4) is 0 Å². The first-order chi connectivity index (χ1) is 10.0. The third-order valence-corrected chi connectivity index (χ3v) is 3.29. The van der Waals surface area contributed by atoms with Gasteiger partial charge >= 0.3 is 5.69 Å². The van der Waals surface area contributed by atoms with Crippen molar-refractivity contribution in [2.75, 3.05) is 17.2 Å². The van der Waals surface area contributed by atoms with Crippen LogP contribution in [0, 0.1) is 17.0 Å². The zero-order valence-corrected chi connectivity index (χ0v) is 12.6. The third kappa shape index (κ3) is 3.44. The third-order valence-electron chi connectivity index (χ3n) is 2.98. The standard InChI is InChI=1S/C15H16ClN3O2/c1-3-17-13-5-4-6-14(15(13)19(20)21)18-12-8-7-10(2)9-11(12)16/h4-9,17-18H,3H2,1-2H3. The van der Waals surface area contributed by atoms with E-state index in [0.717, 1.165) is 5.56 Å². The Balaban J connectivity index is 2.43. The van der Waals surface area contributed by atoms with Crippen LogP contribution in [0.4, 0.5) is 22.7 Å². The highest BCUT2D eigenvalue weighted by atomic mass is 35.5. The fourth-order valence-corrected chi connectivity index (χ4v) is 2.32. The largest absolute Gasteiger partial charge is 0.380 e. The molecule has 0 heterocycles. The van der Waals surface area contributed by atoms with Gasteiger partial charge in [-0.1, -0.05) is 23.7 Å². The quantitative estimate of drug-likeness (QED) is 0.619. The topological polar surface area (TPSA) is 67.2 Å². The lowest BCUT2D eigenvalue weighted by atomic mass is 10.2. The summed E-state index contributed by atoms with van der Waals surface area (Å²) in [5, 5.41) is 17.9. The predicted molar refractivity (Wildman–Crippen MR) is 86.7 cm³/mol. The highest BCUT2D eigenvalue weighted by molar-refractivity contribution is 6.33. The molecule has 2 aromatic carbocycles. The molecule has 0 aliphatic carbocycles. The Hall–Kier alpha value is -2.27. The van der Waals surface area contributed by atoms with E-state index in [1.165, 1.54) is 0 Å². The second-order valence-corrected chi connectivity index (χ2v) is 5.00. The predicted octanol–water partition coefficient (Wildman–Crippen LogP) is 4.73. The molecule has 0 aliphatic rings. The summed E-state index contributed by atoms with van der Waals surface area (Å²) in [6.45, 7) is 4.43. The van der Waals surface area contributed by atoms with E-state index in [1.54, 1.807) is 24.3 Å². The van der Waals surface area contributed by atoms with Gasteiger partial charge in [0.25, 0.3) is 0 Å². The van der Waals surface area contributed by atoms with Crippen LogP contribution in [-0.2, 0) is 0 Å². The zero-order chi connectivity index (χ0) is 15.4. The molecule has 0 saturated carbocycles. The summed E-state index contributed by atoms with van der Waals surface area (Å²) in [6, 6.07) is 10.6. The Labute approximate surface area is 128 Å². The maximum atomic E-state index is 11.3. The number of hydrogen-bond acceptors (Lipinski definition) is 4. The van der Waals surface area contributed by atoms with Crippen molar-refractivity contribution < 1.29 is 4.92 Å². The molecule has 0 fully saturated rings. The van der Waals surface area contributed by atoms with Crippen molar-refractivity contribution in [3.63, 3.8) is 0 Å². The van der Waals surface area contributed by atoms with Crippen LogP contribution >= 0.6 is 11.6 Å². The van der Waals surface area contributed by atoms with E-state index in [1.807, 2.05) is 26.0 Å². The van der Waals surface area contributed by atoms with Gasteiger partial charge in [-0.25, -0.2) is 0 Å². The molecule has 0 spiro atoms. The van der Waals surface area contributed by atoms with Gasteiger partial charge in [0.2, 0.25) is 0 Å². The van der Waals surface area contributed by atoms with Gasteiger partial charge in [0.1, 0.15) is 11.4 Å². The first-order valence-electron chi connectivity index (χ1n) is 6.57. The lowest BCUT2D eigenvalue weighted by Crippen LogP contribution is -2.04. The minimum absolute atomic E-state index is 0.0102. The molecule has 0 aliphatic heterocycles. The number of nitro benzene ring substituents is 1. The first kappa shape index (κ1) is 15.1. The van der Waals surface area contributed by atoms with E-state index in [2.05, 4.69) is 10.6 Å². The molecule has 0 bridgehead atoms. The molecular formula is C15H16ClN3O2. The van der Waals surface area contributed by atoms with Crippen molar-refractivity contribution in [1.29, 1.82) is 0 Å². The minimum atomic E-state index is -0.400. The first-order valence-corrected chi connectivity index (χ1v) is 6.95. The molecule has 6 heteroatoms. The van der Waals surface area contributed by atoms with Gasteiger partial charge in [-0.2, -0.15) is 0 Å². The molecular weight excluding hydrogens is 290 g/mol. The minimum Gasteiger partial charge on any atom is -0.380 e. The summed E-state index contributed by atoms with van der Waals surface area (Å²) in [4.78, 5) is 10.9. The lowest BCUT2D eigenvalue weighted by molar-refractivity contribution is -0.383. The van der Waals surface area contributed by atoms with Gasteiger partial charge in [-0.3, -0.25) is 10.1 Å². The normalized spacial score (nSPS) is 10.2. The van der Waals surface area contributed by atoms with Crippen LogP contribution in [0.1, 0.15) is 12.5 Å². The number of nitrogens with one attached hydrogen (secondary N) is 2. The van der Waals surface area contributed by atoms with Gasteiger partial charge in [-0.05, 0) is 43.7 Å². The lowest BCUT2D eigenvalue weighted by Gasteiger charge is -2.12. The second-order valence-electron chi connectivity index (χ2n) is 4.60. The molecule has 2 aromatic rings. The number of nitro groups is 1. The van der Waals surface area contributed by atoms with E-state index in [4.69, 9.17) is 11.6 Å². The number of nitrogens with zero attached hydrogens (tertiary/aromatic N) is 1. The van der Waals surface area contributed by atoms with Gasteiger partial charge in [0.15, 0.2) is 0 Å². The molecule has 0 saturated heterocycles. The van der Waals surface area contributed by atoms with Crippen LogP contribution in [0.25, 0.3) is 0 Å². The Morgan fingerprint density at radius 3 is 2.52 bits per heavy atom. The summed E-state index contributed by atoms with van der Waals surface area (Å²) in [6.07, 6.45) is 0. The second kappa shape index (κ2) is 6.45. The molecule has 2 rings (SSSR count). The van der Waals surface area contributed by atoms with Crippen LogP contribution in [0.5, 0.6) is 0 Å². The van der Waals surface area contributed by atoms with Gasteiger partial charge in [0.05, 0.1) is 15.6 Å². The molecule has 0 unspecified atom stereocenters. The average Bonchev–Trinajstić information content (AvgIpc) is 2.42. The van der Waals surface area contributed by atoms with E-state index in [0.29, 0.717) is 28.6 Å². The molecule has 0 amide bonds. The highest BCUT2D eigenvalue weighted by Crippen LogP contribution is 2.36. The van der Waals surface area contributed by atoms with Crippen molar-refractivity contribution in [3.05, 3.63) is 57.1 Å². The number of benzene rings is 2. The van der Waals surface area contributed by atoms with Crippen LogP contribution in [0.15, 0.2) is 36.4 Å². The SMILES string of the molecule is CCNc1cccc(Nc2ccc(C)cc2Cl)c1[N+](=O)[O-]. The van der Waals surface area contributed by atoms with Gasteiger partial charge in [-0.15, -0.1) is 0 Å². The van der Waals surface area contributed by atoms with E-state index in [-0.39, 0.29) is 5.69 Å².